The van der Waals surface area contributed by atoms with Crippen LogP contribution < -0.4 is 10.6 Å². The Morgan fingerprint density at radius 3 is 2.71 bits per heavy atom. The maximum atomic E-state index is 9.47. The molecule has 0 spiro atoms. The molecule has 0 saturated carbocycles. The molecule has 0 saturated heterocycles. The van der Waals surface area contributed by atoms with Gasteiger partial charge in [-0.1, -0.05) is 6.92 Å². The van der Waals surface area contributed by atoms with Gasteiger partial charge in [-0.3, -0.25) is 4.98 Å². The molecule has 17 heavy (non-hydrogen) atoms. The Labute approximate surface area is 101 Å². The van der Waals surface area contributed by atoms with Gasteiger partial charge in [0.15, 0.2) is 0 Å². The van der Waals surface area contributed by atoms with Crippen LogP contribution in [0.1, 0.15) is 13.3 Å². The van der Waals surface area contributed by atoms with Crippen LogP contribution in [0.4, 0.5) is 11.6 Å². The summed E-state index contributed by atoms with van der Waals surface area (Å²) in [5.74, 6) is 1.37. The Morgan fingerprint density at radius 2 is 2.06 bits per heavy atom. The third-order valence-electron chi connectivity index (χ3n) is 2.07. The summed E-state index contributed by atoms with van der Waals surface area (Å²) in [6, 6.07) is 0. The summed E-state index contributed by atoms with van der Waals surface area (Å²) in [7, 11) is 1.55. The zero-order valence-corrected chi connectivity index (χ0v) is 10.3. The van der Waals surface area contributed by atoms with Gasteiger partial charge in [-0.15, -0.1) is 0 Å². The number of ether oxygens (including phenoxy) is 1. The Balaban J connectivity index is 2.42. The summed E-state index contributed by atoms with van der Waals surface area (Å²) in [4.78, 5) is 8.37. The van der Waals surface area contributed by atoms with Gasteiger partial charge in [0.05, 0.1) is 25.1 Å². The molecular formula is C11H20N4O2. The predicted molar refractivity (Wildman–Crippen MR) is 67.2 cm³/mol. The summed E-state index contributed by atoms with van der Waals surface area (Å²) in [5.41, 5.74) is 0. The molecule has 1 aromatic rings. The fraction of sp³-hybridized carbons (Fsp3) is 0.636. The van der Waals surface area contributed by atoms with E-state index in [9.17, 15) is 5.11 Å². The van der Waals surface area contributed by atoms with Crippen molar-refractivity contribution >= 4 is 11.6 Å². The van der Waals surface area contributed by atoms with E-state index in [-0.39, 0.29) is 0 Å². The zero-order valence-electron chi connectivity index (χ0n) is 10.3. The van der Waals surface area contributed by atoms with Crippen molar-refractivity contribution in [2.24, 2.45) is 0 Å². The van der Waals surface area contributed by atoms with Crippen LogP contribution in [0.2, 0.25) is 0 Å². The third-order valence-corrected chi connectivity index (χ3v) is 2.07. The molecular weight excluding hydrogens is 220 g/mol. The lowest BCUT2D eigenvalue weighted by molar-refractivity contribution is 0.0727. The molecule has 96 valence electrons. The molecule has 0 aliphatic heterocycles. The van der Waals surface area contributed by atoms with Crippen LogP contribution in [-0.4, -0.2) is 48.0 Å². The number of hydrogen-bond acceptors (Lipinski definition) is 6. The van der Waals surface area contributed by atoms with E-state index in [2.05, 4.69) is 27.5 Å². The first-order chi connectivity index (χ1) is 8.26. The third kappa shape index (κ3) is 5.46. The van der Waals surface area contributed by atoms with Crippen molar-refractivity contribution < 1.29 is 9.84 Å². The molecule has 1 aromatic heterocycles. The first-order valence-electron chi connectivity index (χ1n) is 5.73. The highest BCUT2D eigenvalue weighted by Crippen LogP contribution is 2.06. The van der Waals surface area contributed by atoms with Crippen molar-refractivity contribution in [1.82, 2.24) is 9.97 Å². The number of anilines is 2. The molecule has 0 amide bonds. The van der Waals surface area contributed by atoms with Crippen molar-refractivity contribution in [3.05, 3.63) is 12.4 Å². The van der Waals surface area contributed by atoms with E-state index in [1.54, 1.807) is 19.5 Å². The topological polar surface area (TPSA) is 79.3 Å². The van der Waals surface area contributed by atoms with Crippen LogP contribution in [0.5, 0.6) is 0 Å². The number of aliphatic hydroxyl groups excluding tert-OH is 1. The van der Waals surface area contributed by atoms with Gasteiger partial charge in [0.1, 0.15) is 11.6 Å². The SMILES string of the molecule is CCCNc1cncc(NCC(O)COC)n1. The fourth-order valence-corrected chi connectivity index (χ4v) is 1.26. The highest BCUT2D eigenvalue weighted by Gasteiger charge is 2.04. The van der Waals surface area contributed by atoms with Gasteiger partial charge >= 0.3 is 0 Å². The molecule has 1 atom stereocenters. The lowest BCUT2D eigenvalue weighted by Gasteiger charge is -2.11. The van der Waals surface area contributed by atoms with Crippen LogP contribution in [0, 0.1) is 0 Å². The molecule has 0 aromatic carbocycles. The first-order valence-corrected chi connectivity index (χ1v) is 5.73. The minimum absolute atomic E-state index is 0.300. The Kier molecular flexibility index (Phi) is 6.27. The van der Waals surface area contributed by atoms with E-state index in [0.717, 1.165) is 18.8 Å². The molecule has 0 aliphatic carbocycles. The summed E-state index contributed by atoms with van der Waals surface area (Å²) in [6.45, 7) is 3.64. The predicted octanol–water partition coefficient (Wildman–Crippen LogP) is 0.718. The first kappa shape index (κ1) is 13.7. The number of nitrogens with zero attached hydrogens (tertiary/aromatic N) is 2. The standard InChI is InChI=1S/C11H20N4O2/c1-3-4-13-10-6-12-7-11(15-10)14-5-9(16)8-17-2/h6-7,9,16H,3-5,8H2,1-2H3,(H2,13,14,15). The number of methoxy groups -OCH3 is 1. The van der Waals surface area contributed by atoms with Gasteiger partial charge in [-0.2, -0.15) is 0 Å². The highest BCUT2D eigenvalue weighted by molar-refractivity contribution is 5.41. The second-order valence-electron chi connectivity index (χ2n) is 3.71. The largest absolute Gasteiger partial charge is 0.389 e. The lowest BCUT2D eigenvalue weighted by Crippen LogP contribution is -2.24. The van der Waals surface area contributed by atoms with Crippen LogP contribution in [0.3, 0.4) is 0 Å². The summed E-state index contributed by atoms with van der Waals surface area (Å²) in [5, 5.41) is 15.6. The number of aromatic nitrogens is 2. The molecule has 1 unspecified atom stereocenters. The van der Waals surface area contributed by atoms with Crippen molar-refractivity contribution in [3.63, 3.8) is 0 Å². The van der Waals surface area contributed by atoms with Gasteiger partial charge < -0.3 is 20.5 Å². The van der Waals surface area contributed by atoms with E-state index >= 15 is 0 Å². The average molecular weight is 240 g/mol. The number of nitrogens with one attached hydrogen (secondary N) is 2. The average Bonchev–Trinajstić information content (AvgIpc) is 2.35. The van der Waals surface area contributed by atoms with Gasteiger partial charge in [-0.05, 0) is 6.42 Å². The maximum absolute atomic E-state index is 9.47. The molecule has 1 rings (SSSR count). The molecule has 6 heteroatoms. The van der Waals surface area contributed by atoms with E-state index in [1.807, 2.05) is 0 Å². The quantitative estimate of drug-likeness (QED) is 0.621. The van der Waals surface area contributed by atoms with Crippen LogP contribution in [-0.2, 0) is 4.74 Å². The maximum Gasteiger partial charge on any atom is 0.147 e. The zero-order chi connectivity index (χ0) is 12.5. The van der Waals surface area contributed by atoms with Crippen LogP contribution in [0.15, 0.2) is 12.4 Å². The Bertz CT molecular complexity index is 322. The minimum atomic E-state index is -0.547. The van der Waals surface area contributed by atoms with Crippen LogP contribution in [0.25, 0.3) is 0 Å². The Morgan fingerprint density at radius 1 is 1.35 bits per heavy atom. The minimum Gasteiger partial charge on any atom is -0.389 e. The molecule has 3 N–H and O–H groups in total. The summed E-state index contributed by atoms with van der Waals surface area (Å²) >= 11 is 0. The Hall–Kier alpha value is -1.40. The van der Waals surface area contributed by atoms with E-state index in [1.165, 1.54) is 0 Å². The van der Waals surface area contributed by atoms with Crippen molar-refractivity contribution in [2.45, 2.75) is 19.4 Å². The van der Waals surface area contributed by atoms with E-state index in [4.69, 9.17) is 4.74 Å². The molecule has 6 nitrogen and oxygen atoms in total. The van der Waals surface area contributed by atoms with E-state index in [0.29, 0.717) is 19.0 Å². The van der Waals surface area contributed by atoms with Crippen LogP contribution >= 0.6 is 0 Å². The molecule has 1 heterocycles. The summed E-state index contributed by atoms with van der Waals surface area (Å²) < 4.78 is 4.83. The smallest absolute Gasteiger partial charge is 0.147 e. The molecule has 0 radical (unpaired) electrons. The highest BCUT2D eigenvalue weighted by atomic mass is 16.5. The normalized spacial score (nSPS) is 12.2. The number of hydrogen-bond donors (Lipinski definition) is 3. The van der Waals surface area contributed by atoms with Gasteiger partial charge in [0.2, 0.25) is 0 Å². The van der Waals surface area contributed by atoms with Crippen molar-refractivity contribution in [3.8, 4) is 0 Å². The molecule has 0 aliphatic rings. The molecule has 0 bridgehead atoms. The van der Waals surface area contributed by atoms with Crippen molar-refractivity contribution in [2.75, 3.05) is 37.4 Å². The second-order valence-corrected chi connectivity index (χ2v) is 3.71. The summed E-state index contributed by atoms with van der Waals surface area (Å²) in [6.07, 6.45) is 3.78. The van der Waals surface area contributed by atoms with Gasteiger partial charge in [0, 0.05) is 20.2 Å². The molecule has 0 fully saturated rings. The second kappa shape index (κ2) is 7.81. The van der Waals surface area contributed by atoms with E-state index < -0.39 is 6.10 Å². The van der Waals surface area contributed by atoms with Crippen molar-refractivity contribution in [1.29, 1.82) is 0 Å². The number of aliphatic hydroxyl groups is 1. The van der Waals surface area contributed by atoms with Gasteiger partial charge in [-0.25, -0.2) is 4.98 Å². The monoisotopic (exact) mass is 240 g/mol. The van der Waals surface area contributed by atoms with Gasteiger partial charge in [0.25, 0.3) is 0 Å². The lowest BCUT2D eigenvalue weighted by atomic mass is 10.4. The number of rotatable bonds is 8. The fourth-order valence-electron chi connectivity index (χ4n) is 1.26.